The van der Waals surface area contributed by atoms with E-state index in [2.05, 4.69) is 0 Å². The van der Waals surface area contributed by atoms with Gasteiger partial charge in [0.2, 0.25) is 10.0 Å². The Kier molecular flexibility index (Phi) is 4.64. The minimum absolute atomic E-state index is 0.00358. The van der Waals surface area contributed by atoms with E-state index in [0.29, 0.717) is 24.2 Å². The van der Waals surface area contributed by atoms with Crippen LogP contribution < -0.4 is 4.31 Å². The summed E-state index contributed by atoms with van der Waals surface area (Å²) in [5, 5.41) is 2.00. The summed E-state index contributed by atoms with van der Waals surface area (Å²) in [6, 6.07) is 10.8. The average Bonchev–Trinajstić information content (AvgIpc) is 3.22. The SMILES string of the molecule is CC(c1cccs1)N(C)C(=O)c1ccc(N2CCCS2(=O)=O)cc1. The number of amides is 1. The van der Waals surface area contributed by atoms with Crippen molar-refractivity contribution in [3.8, 4) is 0 Å². The molecule has 0 N–H and O–H groups in total. The van der Waals surface area contributed by atoms with Crippen LogP contribution in [0.5, 0.6) is 0 Å². The van der Waals surface area contributed by atoms with E-state index in [4.69, 9.17) is 0 Å². The molecule has 7 heteroatoms. The molecule has 1 amide bonds. The highest BCUT2D eigenvalue weighted by atomic mass is 32.2. The lowest BCUT2D eigenvalue weighted by Gasteiger charge is -2.24. The first-order chi connectivity index (χ1) is 11.4. The number of carbonyl (C=O) groups is 1. The largest absolute Gasteiger partial charge is 0.334 e. The van der Waals surface area contributed by atoms with Crippen molar-refractivity contribution in [3.63, 3.8) is 0 Å². The average molecular weight is 364 g/mol. The lowest BCUT2D eigenvalue weighted by atomic mass is 10.1. The Bertz CT molecular complexity index is 814. The highest BCUT2D eigenvalue weighted by Gasteiger charge is 2.28. The molecule has 0 radical (unpaired) electrons. The third-order valence-corrected chi connectivity index (χ3v) is 7.27. The van der Waals surface area contributed by atoms with Gasteiger partial charge in [0.1, 0.15) is 0 Å². The van der Waals surface area contributed by atoms with Gasteiger partial charge in [0.15, 0.2) is 0 Å². The first-order valence-electron chi connectivity index (χ1n) is 7.81. The van der Waals surface area contributed by atoms with Crippen molar-refractivity contribution in [1.82, 2.24) is 4.90 Å². The standard InChI is InChI=1S/C17H20N2O3S2/c1-13(16-5-3-11-23-16)18(2)17(20)14-6-8-15(9-7-14)19-10-4-12-24(19,21)22/h3,5-9,11,13H,4,10,12H2,1-2H3. The molecule has 0 spiro atoms. The molecule has 1 saturated heterocycles. The van der Waals surface area contributed by atoms with Crippen molar-refractivity contribution in [1.29, 1.82) is 0 Å². The Morgan fingerprint density at radius 1 is 1.25 bits per heavy atom. The van der Waals surface area contributed by atoms with Gasteiger partial charge >= 0.3 is 0 Å². The summed E-state index contributed by atoms with van der Waals surface area (Å²) < 4.78 is 25.3. The highest BCUT2D eigenvalue weighted by molar-refractivity contribution is 7.93. The van der Waals surface area contributed by atoms with Crippen LogP contribution in [0.15, 0.2) is 41.8 Å². The summed E-state index contributed by atoms with van der Waals surface area (Å²) in [5.74, 6) is 0.112. The molecule has 1 fully saturated rings. The summed E-state index contributed by atoms with van der Waals surface area (Å²) in [4.78, 5) is 15.5. The van der Waals surface area contributed by atoms with E-state index < -0.39 is 10.0 Å². The maximum atomic E-state index is 12.6. The third-order valence-electron chi connectivity index (χ3n) is 4.36. The second kappa shape index (κ2) is 6.57. The van der Waals surface area contributed by atoms with Gasteiger partial charge in [0.05, 0.1) is 17.5 Å². The van der Waals surface area contributed by atoms with Crippen LogP contribution in [0.1, 0.15) is 34.6 Å². The minimum atomic E-state index is -3.19. The van der Waals surface area contributed by atoms with Gasteiger partial charge in [0.25, 0.3) is 5.91 Å². The van der Waals surface area contributed by atoms with E-state index in [0.717, 1.165) is 4.88 Å². The van der Waals surface area contributed by atoms with E-state index in [-0.39, 0.29) is 17.7 Å². The fourth-order valence-electron chi connectivity index (χ4n) is 2.80. The monoisotopic (exact) mass is 364 g/mol. The molecule has 1 aliphatic rings. The van der Waals surface area contributed by atoms with Crippen LogP contribution in [-0.4, -0.2) is 38.6 Å². The van der Waals surface area contributed by atoms with Crippen molar-refractivity contribution in [2.24, 2.45) is 0 Å². The number of hydrogen-bond acceptors (Lipinski definition) is 4. The molecule has 0 aliphatic carbocycles. The normalized spacial score (nSPS) is 17.7. The molecule has 0 bridgehead atoms. The zero-order valence-electron chi connectivity index (χ0n) is 13.7. The molecule has 2 heterocycles. The van der Waals surface area contributed by atoms with E-state index in [1.54, 1.807) is 47.5 Å². The van der Waals surface area contributed by atoms with Gasteiger partial charge in [-0.05, 0) is 49.1 Å². The Morgan fingerprint density at radius 2 is 1.96 bits per heavy atom. The van der Waals surface area contributed by atoms with Gasteiger partial charge in [0, 0.05) is 24.0 Å². The first-order valence-corrected chi connectivity index (χ1v) is 10.3. The third kappa shape index (κ3) is 3.18. The van der Waals surface area contributed by atoms with Crippen LogP contribution in [0, 0.1) is 0 Å². The van der Waals surface area contributed by atoms with Crippen LogP contribution in [0.2, 0.25) is 0 Å². The molecule has 5 nitrogen and oxygen atoms in total. The Morgan fingerprint density at radius 3 is 2.50 bits per heavy atom. The molecule has 2 aromatic rings. The summed E-state index contributed by atoms with van der Waals surface area (Å²) in [7, 11) is -1.41. The highest BCUT2D eigenvalue weighted by Crippen LogP contribution is 2.27. The molecule has 24 heavy (non-hydrogen) atoms. The quantitative estimate of drug-likeness (QED) is 0.837. The number of rotatable bonds is 4. The Labute approximate surface area is 146 Å². The number of nitrogens with zero attached hydrogens (tertiary/aromatic N) is 2. The number of hydrogen-bond donors (Lipinski definition) is 0. The molecule has 1 atom stereocenters. The second-order valence-corrected chi connectivity index (χ2v) is 8.89. The number of sulfonamides is 1. The van der Waals surface area contributed by atoms with Gasteiger partial charge in [-0.2, -0.15) is 0 Å². The molecule has 1 aliphatic heterocycles. The fraction of sp³-hybridized carbons (Fsp3) is 0.353. The molecule has 0 saturated carbocycles. The van der Waals surface area contributed by atoms with Crippen molar-refractivity contribution in [2.75, 3.05) is 23.7 Å². The lowest BCUT2D eigenvalue weighted by molar-refractivity contribution is 0.0745. The van der Waals surface area contributed by atoms with Crippen LogP contribution in [-0.2, 0) is 10.0 Å². The zero-order valence-corrected chi connectivity index (χ0v) is 15.3. The van der Waals surface area contributed by atoms with E-state index >= 15 is 0 Å². The molecule has 1 aromatic heterocycles. The first kappa shape index (κ1) is 17.0. The van der Waals surface area contributed by atoms with Gasteiger partial charge < -0.3 is 4.90 Å². The number of carbonyl (C=O) groups excluding carboxylic acids is 1. The van der Waals surface area contributed by atoms with Crippen LogP contribution in [0.25, 0.3) is 0 Å². The number of anilines is 1. The van der Waals surface area contributed by atoms with Crippen LogP contribution in [0.3, 0.4) is 0 Å². The fourth-order valence-corrected chi connectivity index (χ4v) is 5.19. The van der Waals surface area contributed by atoms with Gasteiger partial charge in [-0.15, -0.1) is 11.3 Å². The summed E-state index contributed by atoms with van der Waals surface area (Å²) >= 11 is 1.62. The van der Waals surface area contributed by atoms with E-state index in [1.165, 1.54) is 4.31 Å². The molecule has 1 aromatic carbocycles. The predicted octanol–water partition coefficient (Wildman–Crippen LogP) is 3.12. The Hall–Kier alpha value is -1.86. The van der Waals surface area contributed by atoms with Gasteiger partial charge in [-0.1, -0.05) is 6.07 Å². The maximum Gasteiger partial charge on any atom is 0.254 e. The molecule has 128 valence electrons. The predicted molar refractivity (Wildman–Crippen MR) is 97.0 cm³/mol. The molecular formula is C17H20N2O3S2. The number of benzene rings is 1. The van der Waals surface area contributed by atoms with Crippen molar-refractivity contribution in [3.05, 3.63) is 52.2 Å². The van der Waals surface area contributed by atoms with E-state index in [9.17, 15) is 13.2 Å². The van der Waals surface area contributed by atoms with Gasteiger partial charge in [-0.25, -0.2) is 8.42 Å². The number of thiophene rings is 1. The summed E-state index contributed by atoms with van der Waals surface area (Å²) in [6.07, 6.45) is 0.643. The topological polar surface area (TPSA) is 57.7 Å². The van der Waals surface area contributed by atoms with Crippen molar-refractivity contribution >= 4 is 33.0 Å². The maximum absolute atomic E-state index is 12.6. The molecule has 1 unspecified atom stereocenters. The minimum Gasteiger partial charge on any atom is -0.334 e. The molecule has 3 rings (SSSR count). The molecular weight excluding hydrogens is 344 g/mol. The van der Waals surface area contributed by atoms with Crippen LogP contribution in [0.4, 0.5) is 5.69 Å². The van der Waals surface area contributed by atoms with Crippen molar-refractivity contribution in [2.45, 2.75) is 19.4 Å². The van der Waals surface area contributed by atoms with E-state index in [1.807, 2.05) is 24.4 Å². The lowest BCUT2D eigenvalue weighted by Crippen LogP contribution is -2.29. The van der Waals surface area contributed by atoms with Crippen LogP contribution >= 0.6 is 11.3 Å². The smallest absolute Gasteiger partial charge is 0.254 e. The van der Waals surface area contributed by atoms with Gasteiger partial charge in [-0.3, -0.25) is 9.10 Å². The Balaban J connectivity index is 1.77. The summed E-state index contributed by atoms with van der Waals surface area (Å²) in [6.45, 7) is 2.50. The second-order valence-electron chi connectivity index (χ2n) is 5.90. The zero-order chi connectivity index (χ0) is 17.3. The summed E-state index contributed by atoms with van der Waals surface area (Å²) in [5.41, 5.74) is 1.18. The van der Waals surface area contributed by atoms with Crippen molar-refractivity contribution < 1.29 is 13.2 Å².